The van der Waals surface area contributed by atoms with Crippen LogP contribution in [0, 0.1) is 5.92 Å². The number of halogens is 3. The first-order valence-corrected chi connectivity index (χ1v) is 15.8. The zero-order valence-corrected chi connectivity index (χ0v) is 24.4. The molecule has 1 atom stereocenters. The summed E-state index contributed by atoms with van der Waals surface area (Å²) in [5, 5.41) is 20.5. The first-order valence-electron chi connectivity index (χ1n) is 13.5. The number of aliphatic hydroxyl groups is 1. The molecule has 10 nitrogen and oxygen atoms in total. The summed E-state index contributed by atoms with van der Waals surface area (Å²) >= 11 is 6.60. The summed E-state index contributed by atoms with van der Waals surface area (Å²) in [4.78, 5) is 17.4. The summed E-state index contributed by atoms with van der Waals surface area (Å²) in [6, 6.07) is 1.48. The molecule has 2 aliphatic carbocycles. The van der Waals surface area contributed by atoms with E-state index in [0.29, 0.717) is 24.6 Å². The number of alkyl halides is 2. The molecule has 2 fully saturated rings. The van der Waals surface area contributed by atoms with E-state index in [1.54, 1.807) is 6.92 Å². The van der Waals surface area contributed by atoms with Crippen LogP contribution in [0.4, 0.5) is 14.6 Å². The Morgan fingerprint density at radius 2 is 1.98 bits per heavy atom. The van der Waals surface area contributed by atoms with Crippen LogP contribution in [0.5, 0.6) is 5.75 Å². The molecule has 2 aromatic heterocycles. The lowest BCUT2D eigenvalue weighted by atomic mass is 9.84. The number of aromatic nitrogens is 3. The smallest absolute Gasteiger partial charge is 0.387 e. The number of nitrogens with one attached hydrogen (secondary N) is 2. The molecule has 3 N–H and O–H groups in total. The number of aryl methyl sites for hydroxylation is 1. The second-order valence-corrected chi connectivity index (χ2v) is 13.6. The third-order valence-corrected chi connectivity index (χ3v) is 9.61. The Morgan fingerprint density at radius 3 is 2.55 bits per heavy atom. The van der Waals surface area contributed by atoms with Gasteiger partial charge in [0.15, 0.2) is 5.69 Å². The van der Waals surface area contributed by atoms with Crippen LogP contribution in [0.25, 0.3) is 11.3 Å². The van der Waals surface area contributed by atoms with Crippen LogP contribution < -0.4 is 15.4 Å². The third-order valence-electron chi connectivity index (χ3n) is 7.57. The predicted octanol–water partition coefficient (Wildman–Crippen LogP) is 4.27. The van der Waals surface area contributed by atoms with Crippen LogP contribution in [0.2, 0.25) is 5.02 Å². The van der Waals surface area contributed by atoms with Gasteiger partial charge in [-0.1, -0.05) is 24.4 Å². The molecule has 0 spiro atoms. The van der Waals surface area contributed by atoms with Crippen molar-refractivity contribution in [3.05, 3.63) is 23.0 Å². The van der Waals surface area contributed by atoms with E-state index in [4.69, 9.17) is 16.3 Å². The highest BCUT2D eigenvalue weighted by Gasteiger charge is 2.37. The fourth-order valence-corrected chi connectivity index (χ4v) is 6.60. The molecule has 2 aromatic rings. The Kier molecular flexibility index (Phi) is 9.25. The fraction of sp³-hybridized carbons (Fsp3) is 0.654. The summed E-state index contributed by atoms with van der Waals surface area (Å²) < 4.78 is 56.6. The van der Waals surface area contributed by atoms with E-state index < -0.39 is 33.2 Å². The van der Waals surface area contributed by atoms with Gasteiger partial charge in [0.25, 0.3) is 5.91 Å². The molecule has 14 heteroatoms. The zero-order chi connectivity index (χ0) is 29.2. The predicted molar refractivity (Wildman–Crippen MR) is 148 cm³/mol. The van der Waals surface area contributed by atoms with Crippen LogP contribution >= 0.6 is 11.6 Å². The molecule has 0 bridgehead atoms. The zero-order valence-electron chi connectivity index (χ0n) is 22.8. The summed E-state index contributed by atoms with van der Waals surface area (Å²) in [5.74, 6) is 0.229. The van der Waals surface area contributed by atoms with Crippen molar-refractivity contribution in [2.24, 2.45) is 5.92 Å². The molecule has 4 rings (SSSR count). The van der Waals surface area contributed by atoms with E-state index in [9.17, 15) is 27.1 Å². The van der Waals surface area contributed by atoms with E-state index in [1.165, 1.54) is 36.0 Å². The lowest BCUT2D eigenvalue weighted by Crippen LogP contribution is -2.47. The summed E-state index contributed by atoms with van der Waals surface area (Å²) in [5.41, 5.74) is -1.06. The van der Waals surface area contributed by atoms with Crippen molar-refractivity contribution in [1.29, 1.82) is 0 Å². The second-order valence-electron chi connectivity index (χ2n) is 10.9. The van der Waals surface area contributed by atoms with Gasteiger partial charge >= 0.3 is 6.61 Å². The van der Waals surface area contributed by atoms with Crippen molar-refractivity contribution in [2.75, 3.05) is 18.1 Å². The van der Waals surface area contributed by atoms with Gasteiger partial charge in [0.1, 0.15) is 21.4 Å². The molecule has 2 saturated carbocycles. The minimum absolute atomic E-state index is 0.0733. The number of anilines is 1. The van der Waals surface area contributed by atoms with E-state index in [-0.39, 0.29) is 59.7 Å². The summed E-state index contributed by atoms with van der Waals surface area (Å²) in [6.45, 7) is 0.812. The molecule has 0 saturated heterocycles. The fourth-order valence-electron chi connectivity index (χ4n) is 5.19. The molecule has 1 amide bonds. The third kappa shape index (κ3) is 7.41. The van der Waals surface area contributed by atoms with Crippen LogP contribution in [0.3, 0.4) is 0 Å². The van der Waals surface area contributed by atoms with Crippen molar-refractivity contribution >= 4 is 33.2 Å². The van der Waals surface area contributed by atoms with Crippen LogP contribution in [-0.2, 0) is 16.4 Å². The molecule has 0 aromatic carbocycles. The summed E-state index contributed by atoms with van der Waals surface area (Å²) in [6.07, 6.45) is 6.90. The Morgan fingerprint density at radius 1 is 1.30 bits per heavy atom. The molecule has 0 aliphatic heterocycles. The molecular formula is C26H36ClF2N5O5S. The number of amides is 1. The minimum Gasteiger partial charge on any atom is -0.434 e. The standard InChI is InChI=1S/C26H36ClF2N5O5S/c1-4-34-23(18-13-30-20(12-19(18)39-25(28)29)32-15(2)11-16-5-6-16)21(27)22(33-34)24(35)31-14-26(36)9-7-17(8-10-26)40(3,37)38/h12-13,15-17,25,36H,4-11,14H2,1-3H3,(H,30,32)(H,31,35). The van der Waals surface area contributed by atoms with E-state index in [1.807, 2.05) is 6.92 Å². The van der Waals surface area contributed by atoms with E-state index in [0.717, 1.165) is 6.42 Å². The summed E-state index contributed by atoms with van der Waals surface area (Å²) in [7, 11) is -3.20. The van der Waals surface area contributed by atoms with Gasteiger partial charge in [-0.15, -0.1) is 0 Å². The highest BCUT2D eigenvalue weighted by molar-refractivity contribution is 7.91. The van der Waals surface area contributed by atoms with Crippen molar-refractivity contribution in [3.63, 3.8) is 0 Å². The molecular weight excluding hydrogens is 568 g/mol. The average Bonchev–Trinajstić information content (AvgIpc) is 3.62. The molecule has 222 valence electrons. The van der Waals surface area contributed by atoms with E-state index in [2.05, 4.69) is 20.7 Å². The number of hydrogen-bond donors (Lipinski definition) is 3. The number of pyridine rings is 1. The Bertz CT molecular complexity index is 1330. The van der Waals surface area contributed by atoms with Crippen molar-refractivity contribution in [1.82, 2.24) is 20.1 Å². The van der Waals surface area contributed by atoms with Gasteiger partial charge in [-0.25, -0.2) is 13.4 Å². The maximum Gasteiger partial charge on any atom is 0.387 e. The minimum atomic E-state index is -3.20. The first-order chi connectivity index (χ1) is 18.8. The van der Waals surface area contributed by atoms with Crippen LogP contribution in [-0.4, -0.2) is 70.5 Å². The van der Waals surface area contributed by atoms with Gasteiger partial charge in [0.2, 0.25) is 0 Å². The van der Waals surface area contributed by atoms with Crippen molar-refractivity contribution in [2.45, 2.75) is 88.8 Å². The maximum atomic E-state index is 13.4. The number of carbonyl (C=O) groups is 1. The molecule has 1 unspecified atom stereocenters. The average molecular weight is 604 g/mol. The van der Waals surface area contributed by atoms with Crippen LogP contribution in [0.15, 0.2) is 12.3 Å². The first kappa shape index (κ1) is 30.4. The number of sulfone groups is 1. The number of hydrogen-bond acceptors (Lipinski definition) is 8. The molecule has 2 heterocycles. The number of nitrogens with zero attached hydrogens (tertiary/aromatic N) is 3. The van der Waals surface area contributed by atoms with Crippen LogP contribution in [0.1, 0.15) is 69.3 Å². The molecule has 0 radical (unpaired) electrons. The van der Waals surface area contributed by atoms with Gasteiger partial charge < -0.3 is 20.5 Å². The van der Waals surface area contributed by atoms with Crippen molar-refractivity contribution < 1.29 is 31.8 Å². The molecule has 2 aliphatic rings. The van der Waals surface area contributed by atoms with E-state index >= 15 is 0 Å². The van der Waals surface area contributed by atoms with Gasteiger partial charge in [0.05, 0.1) is 27.1 Å². The highest BCUT2D eigenvalue weighted by Crippen LogP contribution is 2.39. The van der Waals surface area contributed by atoms with Gasteiger partial charge in [0, 0.05) is 37.7 Å². The Labute approximate surface area is 237 Å². The SMILES string of the molecule is CCn1nc(C(=O)NCC2(O)CCC(S(C)(=O)=O)CC2)c(Cl)c1-c1cnc(NC(C)CC2CC2)cc1OC(F)F. The van der Waals surface area contributed by atoms with Gasteiger partial charge in [-0.2, -0.15) is 13.9 Å². The normalized spacial score (nSPS) is 22.2. The number of rotatable bonds is 12. The lowest BCUT2D eigenvalue weighted by molar-refractivity contribution is -0.0494. The Hall–Kier alpha value is -2.51. The maximum absolute atomic E-state index is 13.4. The monoisotopic (exact) mass is 603 g/mol. The number of ether oxygens (including phenoxy) is 1. The second kappa shape index (κ2) is 12.2. The highest BCUT2D eigenvalue weighted by atomic mass is 35.5. The quantitative estimate of drug-likeness (QED) is 0.327. The van der Waals surface area contributed by atoms with Crippen molar-refractivity contribution in [3.8, 4) is 17.0 Å². The van der Waals surface area contributed by atoms with Gasteiger partial charge in [-0.3, -0.25) is 9.48 Å². The number of carbonyl (C=O) groups excluding carboxylic acids is 1. The topological polar surface area (TPSA) is 135 Å². The lowest BCUT2D eigenvalue weighted by Gasteiger charge is -2.35. The largest absolute Gasteiger partial charge is 0.434 e. The van der Waals surface area contributed by atoms with Gasteiger partial charge in [-0.05, 0) is 51.9 Å². The molecule has 40 heavy (non-hydrogen) atoms. The Balaban J connectivity index is 1.53.